The number of nitrogens with zero attached hydrogens (tertiary/aromatic N) is 2. The molecule has 0 spiro atoms. The second-order valence-corrected chi connectivity index (χ2v) is 4.64. The van der Waals surface area contributed by atoms with Crippen molar-refractivity contribution in [2.24, 2.45) is 0 Å². The van der Waals surface area contributed by atoms with Gasteiger partial charge in [0.1, 0.15) is 5.82 Å². The molecule has 5 heteroatoms. The highest BCUT2D eigenvalue weighted by molar-refractivity contribution is 6.36. The van der Waals surface area contributed by atoms with Crippen molar-refractivity contribution in [3.8, 4) is 11.4 Å². The van der Waals surface area contributed by atoms with Crippen LogP contribution in [0.4, 0.5) is 5.82 Å². The monoisotopic (exact) mass is 281 g/mol. The first-order chi connectivity index (χ1) is 8.63. The predicted molar refractivity (Wildman–Crippen MR) is 76.4 cm³/mol. The zero-order valence-corrected chi connectivity index (χ0v) is 11.7. The molecule has 1 aromatic heterocycles. The number of aryl methyl sites for hydroxylation is 1. The van der Waals surface area contributed by atoms with E-state index in [0.717, 1.165) is 23.5 Å². The van der Waals surface area contributed by atoms with Crippen LogP contribution in [0.5, 0.6) is 0 Å². The Hall–Kier alpha value is -1.32. The lowest BCUT2D eigenvalue weighted by atomic mass is 10.2. The minimum Gasteiger partial charge on any atom is -0.373 e. The average Bonchev–Trinajstić information content (AvgIpc) is 2.38. The van der Waals surface area contributed by atoms with Crippen LogP contribution >= 0.6 is 23.2 Å². The Kier molecular flexibility index (Phi) is 4.04. The van der Waals surface area contributed by atoms with Crippen molar-refractivity contribution in [3.63, 3.8) is 0 Å². The standard InChI is InChI=1S/C13H13Cl2N3/c1-3-9-7-12(16-2)18-13(17-9)10-5-4-8(14)6-11(10)15/h4-7H,3H2,1-2H3,(H,16,17,18). The Morgan fingerprint density at radius 3 is 2.56 bits per heavy atom. The largest absolute Gasteiger partial charge is 0.373 e. The highest BCUT2D eigenvalue weighted by Crippen LogP contribution is 2.28. The van der Waals surface area contributed by atoms with Crippen LogP contribution in [0.1, 0.15) is 12.6 Å². The SMILES string of the molecule is CCc1cc(NC)nc(-c2ccc(Cl)cc2Cl)n1. The molecule has 0 amide bonds. The summed E-state index contributed by atoms with van der Waals surface area (Å²) in [4.78, 5) is 8.89. The van der Waals surface area contributed by atoms with E-state index in [-0.39, 0.29) is 0 Å². The maximum absolute atomic E-state index is 6.17. The van der Waals surface area contributed by atoms with E-state index >= 15 is 0 Å². The highest BCUT2D eigenvalue weighted by atomic mass is 35.5. The van der Waals surface area contributed by atoms with Gasteiger partial charge < -0.3 is 5.32 Å². The van der Waals surface area contributed by atoms with Gasteiger partial charge >= 0.3 is 0 Å². The molecule has 0 saturated carbocycles. The fraction of sp³-hybridized carbons (Fsp3) is 0.231. The van der Waals surface area contributed by atoms with Gasteiger partial charge in [-0.05, 0) is 24.6 Å². The molecule has 2 rings (SSSR count). The van der Waals surface area contributed by atoms with Crippen molar-refractivity contribution >= 4 is 29.0 Å². The molecule has 1 N–H and O–H groups in total. The summed E-state index contributed by atoms with van der Waals surface area (Å²) in [5, 5.41) is 4.18. The Labute approximate surface area is 116 Å². The molecule has 1 aromatic carbocycles. The Bertz CT molecular complexity index is 548. The number of anilines is 1. The first-order valence-corrected chi connectivity index (χ1v) is 6.40. The second kappa shape index (κ2) is 5.55. The van der Waals surface area contributed by atoms with E-state index in [0.29, 0.717) is 15.9 Å². The number of nitrogens with one attached hydrogen (secondary N) is 1. The third kappa shape index (κ3) is 2.74. The van der Waals surface area contributed by atoms with Crippen LogP contribution in [0.2, 0.25) is 10.0 Å². The molecule has 0 bridgehead atoms. The average molecular weight is 282 g/mol. The molecule has 0 atom stereocenters. The van der Waals surface area contributed by atoms with Crippen molar-refractivity contribution < 1.29 is 0 Å². The molecule has 18 heavy (non-hydrogen) atoms. The van der Waals surface area contributed by atoms with Gasteiger partial charge in [-0.1, -0.05) is 30.1 Å². The molecule has 0 radical (unpaired) electrons. The predicted octanol–water partition coefficient (Wildman–Crippen LogP) is 4.05. The van der Waals surface area contributed by atoms with Crippen molar-refractivity contribution in [3.05, 3.63) is 40.0 Å². The summed E-state index contributed by atoms with van der Waals surface area (Å²) >= 11 is 12.1. The topological polar surface area (TPSA) is 37.8 Å². The van der Waals surface area contributed by atoms with E-state index in [2.05, 4.69) is 22.2 Å². The van der Waals surface area contributed by atoms with E-state index in [9.17, 15) is 0 Å². The van der Waals surface area contributed by atoms with Gasteiger partial charge in [0.25, 0.3) is 0 Å². The summed E-state index contributed by atoms with van der Waals surface area (Å²) < 4.78 is 0. The Balaban J connectivity index is 2.55. The first kappa shape index (κ1) is 13.1. The van der Waals surface area contributed by atoms with Crippen LogP contribution in [0.3, 0.4) is 0 Å². The summed E-state index contributed by atoms with van der Waals surface area (Å²) in [7, 11) is 1.83. The van der Waals surface area contributed by atoms with E-state index in [1.165, 1.54) is 0 Å². The molecule has 0 unspecified atom stereocenters. The zero-order valence-electron chi connectivity index (χ0n) is 10.2. The van der Waals surface area contributed by atoms with Crippen LogP contribution in [0, 0.1) is 0 Å². The maximum atomic E-state index is 6.17. The fourth-order valence-corrected chi connectivity index (χ4v) is 2.09. The van der Waals surface area contributed by atoms with Crippen LogP contribution in [0.15, 0.2) is 24.3 Å². The fourth-order valence-electron chi connectivity index (χ4n) is 1.60. The van der Waals surface area contributed by atoms with Gasteiger partial charge in [0, 0.05) is 29.4 Å². The van der Waals surface area contributed by atoms with E-state index in [1.807, 2.05) is 19.2 Å². The smallest absolute Gasteiger partial charge is 0.163 e. The first-order valence-electron chi connectivity index (χ1n) is 5.65. The van der Waals surface area contributed by atoms with Gasteiger partial charge in [-0.15, -0.1) is 0 Å². The van der Waals surface area contributed by atoms with E-state index in [1.54, 1.807) is 12.1 Å². The maximum Gasteiger partial charge on any atom is 0.163 e. The van der Waals surface area contributed by atoms with Crippen molar-refractivity contribution in [2.75, 3.05) is 12.4 Å². The summed E-state index contributed by atoms with van der Waals surface area (Å²) in [6.07, 6.45) is 0.843. The minimum atomic E-state index is 0.554. The number of benzene rings is 1. The molecular formula is C13H13Cl2N3. The summed E-state index contributed by atoms with van der Waals surface area (Å²) in [6.45, 7) is 2.05. The summed E-state index contributed by atoms with van der Waals surface area (Å²) in [6, 6.07) is 7.23. The number of rotatable bonds is 3. The van der Waals surface area contributed by atoms with Gasteiger partial charge in [-0.2, -0.15) is 0 Å². The van der Waals surface area contributed by atoms with Crippen LogP contribution in [-0.2, 0) is 6.42 Å². The van der Waals surface area contributed by atoms with Gasteiger partial charge in [0.05, 0.1) is 5.02 Å². The zero-order chi connectivity index (χ0) is 13.1. The Morgan fingerprint density at radius 1 is 1.17 bits per heavy atom. The number of halogens is 2. The molecule has 0 aliphatic heterocycles. The molecule has 1 heterocycles. The quantitative estimate of drug-likeness (QED) is 0.922. The van der Waals surface area contributed by atoms with Gasteiger partial charge in [-0.3, -0.25) is 0 Å². The lowest BCUT2D eigenvalue weighted by Gasteiger charge is -2.08. The minimum absolute atomic E-state index is 0.554. The van der Waals surface area contributed by atoms with Gasteiger partial charge in [0.15, 0.2) is 5.82 Å². The lowest BCUT2D eigenvalue weighted by molar-refractivity contribution is 1.01. The molecule has 0 aliphatic carbocycles. The van der Waals surface area contributed by atoms with E-state index in [4.69, 9.17) is 23.2 Å². The summed E-state index contributed by atoms with van der Waals surface area (Å²) in [5.41, 5.74) is 1.75. The van der Waals surface area contributed by atoms with Crippen molar-refractivity contribution in [1.82, 2.24) is 9.97 Å². The highest BCUT2D eigenvalue weighted by Gasteiger charge is 2.09. The normalized spacial score (nSPS) is 10.4. The van der Waals surface area contributed by atoms with Gasteiger partial charge in [-0.25, -0.2) is 9.97 Å². The van der Waals surface area contributed by atoms with Crippen molar-refractivity contribution in [1.29, 1.82) is 0 Å². The van der Waals surface area contributed by atoms with Crippen LogP contribution in [-0.4, -0.2) is 17.0 Å². The van der Waals surface area contributed by atoms with E-state index < -0.39 is 0 Å². The third-order valence-electron chi connectivity index (χ3n) is 2.57. The number of aromatic nitrogens is 2. The third-order valence-corrected chi connectivity index (χ3v) is 3.12. The molecule has 0 saturated heterocycles. The lowest BCUT2D eigenvalue weighted by Crippen LogP contribution is -2.00. The molecule has 3 nitrogen and oxygen atoms in total. The second-order valence-electron chi connectivity index (χ2n) is 3.80. The molecule has 0 fully saturated rings. The molecular weight excluding hydrogens is 269 g/mol. The molecule has 0 aliphatic rings. The summed E-state index contributed by atoms with van der Waals surface area (Å²) in [5.74, 6) is 1.39. The molecule has 94 valence electrons. The van der Waals surface area contributed by atoms with Crippen LogP contribution in [0.25, 0.3) is 11.4 Å². The van der Waals surface area contributed by atoms with Crippen LogP contribution < -0.4 is 5.32 Å². The number of hydrogen-bond acceptors (Lipinski definition) is 3. The van der Waals surface area contributed by atoms with Gasteiger partial charge in [0.2, 0.25) is 0 Å². The Morgan fingerprint density at radius 2 is 1.94 bits per heavy atom. The number of hydrogen-bond donors (Lipinski definition) is 1. The molecule has 2 aromatic rings. The van der Waals surface area contributed by atoms with Crippen molar-refractivity contribution in [2.45, 2.75) is 13.3 Å².